The van der Waals surface area contributed by atoms with Crippen molar-refractivity contribution in [2.45, 2.75) is 57.8 Å². The predicted octanol–water partition coefficient (Wildman–Crippen LogP) is 2.90. The summed E-state index contributed by atoms with van der Waals surface area (Å²) in [5.74, 6) is 0.892. The Morgan fingerprint density at radius 1 is 0.733 bits per heavy atom. The Morgan fingerprint density at radius 2 is 1.20 bits per heavy atom. The van der Waals surface area contributed by atoms with Gasteiger partial charge in [0.2, 0.25) is 0 Å². The number of carbonyl (C=O) groups excluding carboxylic acids is 2. The third kappa shape index (κ3) is 2.67. The Morgan fingerprint density at radius 3 is 1.60 bits per heavy atom. The van der Waals surface area contributed by atoms with Crippen molar-refractivity contribution < 1.29 is 9.59 Å². The molecule has 0 aliphatic heterocycles. The van der Waals surface area contributed by atoms with Gasteiger partial charge in [0.1, 0.15) is 11.6 Å². The lowest BCUT2D eigenvalue weighted by molar-refractivity contribution is -0.133. The standard InChI is InChI=1S/C13H20O2/c14-12(10-5-2-1-3-6-10)9-13(15)11-7-4-8-11/h10-11H,1-9H2. The highest BCUT2D eigenvalue weighted by Crippen LogP contribution is 2.30. The van der Waals surface area contributed by atoms with Gasteiger partial charge in [0, 0.05) is 11.8 Å². The van der Waals surface area contributed by atoms with E-state index in [4.69, 9.17) is 0 Å². The fourth-order valence-corrected chi connectivity index (χ4v) is 2.62. The lowest BCUT2D eigenvalue weighted by Gasteiger charge is -2.25. The minimum absolute atomic E-state index is 0.211. The second-order valence-electron chi connectivity index (χ2n) is 5.07. The van der Waals surface area contributed by atoms with Crippen molar-refractivity contribution in [3.8, 4) is 0 Å². The molecule has 2 aliphatic rings. The van der Waals surface area contributed by atoms with Gasteiger partial charge in [-0.1, -0.05) is 25.7 Å². The molecule has 0 aromatic heterocycles. The Bertz CT molecular complexity index is 247. The summed E-state index contributed by atoms with van der Waals surface area (Å²) in [6, 6.07) is 0. The van der Waals surface area contributed by atoms with Gasteiger partial charge in [-0.15, -0.1) is 0 Å². The molecule has 0 aromatic carbocycles. The minimum atomic E-state index is 0.211. The van der Waals surface area contributed by atoms with Gasteiger partial charge in [0.15, 0.2) is 0 Å². The summed E-state index contributed by atoms with van der Waals surface area (Å²) in [6.07, 6.45) is 9.12. The van der Waals surface area contributed by atoms with E-state index in [2.05, 4.69) is 0 Å². The first-order chi connectivity index (χ1) is 7.27. The molecule has 0 heterocycles. The predicted molar refractivity (Wildman–Crippen MR) is 58.5 cm³/mol. The van der Waals surface area contributed by atoms with E-state index in [1.165, 1.54) is 25.7 Å². The topological polar surface area (TPSA) is 34.1 Å². The molecule has 0 spiro atoms. The molecule has 0 aromatic rings. The lowest BCUT2D eigenvalue weighted by Crippen LogP contribution is -2.27. The maximum absolute atomic E-state index is 11.8. The van der Waals surface area contributed by atoms with Crippen molar-refractivity contribution in [3.63, 3.8) is 0 Å². The lowest BCUT2D eigenvalue weighted by atomic mass is 9.78. The summed E-state index contributed by atoms with van der Waals surface area (Å²) in [5.41, 5.74) is 0. The molecule has 0 atom stereocenters. The minimum Gasteiger partial charge on any atom is -0.299 e. The van der Waals surface area contributed by atoms with E-state index in [0.717, 1.165) is 25.7 Å². The van der Waals surface area contributed by atoms with Crippen LogP contribution in [0.5, 0.6) is 0 Å². The summed E-state index contributed by atoms with van der Waals surface area (Å²) < 4.78 is 0. The van der Waals surface area contributed by atoms with Crippen LogP contribution in [0, 0.1) is 11.8 Å². The molecule has 0 N–H and O–H groups in total. The van der Waals surface area contributed by atoms with Gasteiger partial charge >= 0.3 is 0 Å². The number of carbonyl (C=O) groups is 2. The molecule has 2 saturated carbocycles. The molecule has 0 amide bonds. The molecule has 84 valence electrons. The van der Waals surface area contributed by atoms with Gasteiger partial charge < -0.3 is 0 Å². The zero-order chi connectivity index (χ0) is 10.7. The van der Waals surface area contributed by atoms with Crippen LogP contribution in [0.15, 0.2) is 0 Å². The van der Waals surface area contributed by atoms with Crippen LogP contribution >= 0.6 is 0 Å². The fourth-order valence-electron chi connectivity index (χ4n) is 2.62. The van der Waals surface area contributed by atoms with Crippen LogP contribution in [0.2, 0.25) is 0 Å². The van der Waals surface area contributed by atoms with Crippen molar-refractivity contribution in [2.75, 3.05) is 0 Å². The first-order valence-electron chi connectivity index (χ1n) is 6.33. The molecule has 2 heteroatoms. The highest BCUT2D eigenvalue weighted by Gasteiger charge is 2.29. The molecule has 0 saturated heterocycles. The summed E-state index contributed by atoms with van der Waals surface area (Å²) in [4.78, 5) is 23.5. The van der Waals surface area contributed by atoms with Crippen LogP contribution < -0.4 is 0 Å². The largest absolute Gasteiger partial charge is 0.299 e. The molecule has 0 unspecified atom stereocenters. The smallest absolute Gasteiger partial charge is 0.143 e. The number of hydrogen-bond acceptors (Lipinski definition) is 2. The third-order valence-corrected chi connectivity index (χ3v) is 3.97. The van der Waals surface area contributed by atoms with E-state index in [1.54, 1.807) is 0 Å². The van der Waals surface area contributed by atoms with Gasteiger partial charge in [-0.2, -0.15) is 0 Å². The van der Waals surface area contributed by atoms with E-state index < -0.39 is 0 Å². The normalized spacial score (nSPS) is 23.5. The molecule has 0 bridgehead atoms. The summed E-state index contributed by atoms with van der Waals surface area (Å²) >= 11 is 0. The first kappa shape index (κ1) is 10.8. The van der Waals surface area contributed by atoms with Crippen molar-refractivity contribution >= 4 is 11.6 Å². The second kappa shape index (κ2) is 4.91. The third-order valence-electron chi connectivity index (χ3n) is 3.97. The quantitative estimate of drug-likeness (QED) is 0.666. The van der Waals surface area contributed by atoms with Crippen LogP contribution in [0.3, 0.4) is 0 Å². The molecule has 2 nitrogen and oxygen atoms in total. The number of rotatable bonds is 4. The number of ketones is 2. The average Bonchev–Trinajstić information content (AvgIpc) is 2.16. The fraction of sp³-hybridized carbons (Fsp3) is 0.846. The maximum Gasteiger partial charge on any atom is 0.143 e. The molecule has 2 fully saturated rings. The first-order valence-corrected chi connectivity index (χ1v) is 6.33. The van der Waals surface area contributed by atoms with E-state index in [-0.39, 0.29) is 29.8 Å². The van der Waals surface area contributed by atoms with Crippen molar-refractivity contribution in [3.05, 3.63) is 0 Å². The molecular formula is C13H20O2. The van der Waals surface area contributed by atoms with Gasteiger partial charge in [0.05, 0.1) is 6.42 Å². The van der Waals surface area contributed by atoms with Crippen LogP contribution in [-0.4, -0.2) is 11.6 Å². The van der Waals surface area contributed by atoms with Crippen molar-refractivity contribution in [2.24, 2.45) is 11.8 Å². The van der Waals surface area contributed by atoms with Crippen LogP contribution in [-0.2, 0) is 9.59 Å². The van der Waals surface area contributed by atoms with Crippen LogP contribution in [0.1, 0.15) is 57.8 Å². The van der Waals surface area contributed by atoms with Crippen molar-refractivity contribution in [1.29, 1.82) is 0 Å². The monoisotopic (exact) mass is 208 g/mol. The maximum atomic E-state index is 11.8. The Balaban J connectivity index is 1.77. The van der Waals surface area contributed by atoms with Gasteiger partial charge in [-0.05, 0) is 25.7 Å². The second-order valence-corrected chi connectivity index (χ2v) is 5.07. The number of Topliss-reactive ketones (excluding diaryl/α,β-unsaturated/α-hetero) is 2. The van der Waals surface area contributed by atoms with Gasteiger partial charge in [0.25, 0.3) is 0 Å². The van der Waals surface area contributed by atoms with Gasteiger partial charge in [-0.3, -0.25) is 9.59 Å². The van der Waals surface area contributed by atoms with Crippen LogP contribution in [0.25, 0.3) is 0 Å². The molecular weight excluding hydrogens is 188 g/mol. The zero-order valence-corrected chi connectivity index (χ0v) is 9.34. The molecule has 0 radical (unpaired) electrons. The van der Waals surface area contributed by atoms with E-state index in [0.29, 0.717) is 0 Å². The SMILES string of the molecule is O=C(CC(=O)C1CCC1)C1CCCCC1. The zero-order valence-electron chi connectivity index (χ0n) is 9.34. The summed E-state index contributed by atoms with van der Waals surface area (Å²) in [7, 11) is 0. The Labute approximate surface area is 91.4 Å². The average molecular weight is 208 g/mol. The highest BCUT2D eigenvalue weighted by atomic mass is 16.1. The molecule has 2 aliphatic carbocycles. The van der Waals surface area contributed by atoms with E-state index in [9.17, 15) is 9.59 Å². The Kier molecular flexibility index (Phi) is 3.55. The summed E-state index contributed by atoms with van der Waals surface area (Å²) in [5, 5.41) is 0. The highest BCUT2D eigenvalue weighted by molar-refractivity contribution is 6.01. The van der Waals surface area contributed by atoms with Crippen molar-refractivity contribution in [1.82, 2.24) is 0 Å². The van der Waals surface area contributed by atoms with Crippen LogP contribution in [0.4, 0.5) is 0 Å². The van der Waals surface area contributed by atoms with E-state index in [1.807, 2.05) is 0 Å². The van der Waals surface area contributed by atoms with E-state index >= 15 is 0 Å². The summed E-state index contributed by atoms with van der Waals surface area (Å²) in [6.45, 7) is 0. The molecule has 2 rings (SSSR count). The van der Waals surface area contributed by atoms with Gasteiger partial charge in [-0.25, -0.2) is 0 Å². The Hall–Kier alpha value is -0.660. The molecule has 15 heavy (non-hydrogen) atoms. The number of hydrogen-bond donors (Lipinski definition) is 0.